The quantitative estimate of drug-likeness (QED) is 0.507. The molecular weight excluding hydrogens is 471 g/mol. The Morgan fingerprint density at radius 3 is 2.59 bits per heavy atom. The van der Waals surface area contributed by atoms with Crippen molar-refractivity contribution in [3.05, 3.63) is 53.6 Å². The number of amides is 1. The van der Waals surface area contributed by atoms with E-state index in [1.165, 1.54) is 0 Å². The molecule has 8 heteroatoms. The van der Waals surface area contributed by atoms with E-state index in [0.717, 1.165) is 67.8 Å². The summed E-state index contributed by atoms with van der Waals surface area (Å²) in [5.74, 6) is 1.16. The lowest BCUT2D eigenvalue weighted by atomic mass is 9.86. The van der Waals surface area contributed by atoms with Gasteiger partial charge in [-0.15, -0.1) is 0 Å². The smallest absolute Gasteiger partial charge is 0.225 e. The molecule has 37 heavy (non-hydrogen) atoms. The van der Waals surface area contributed by atoms with Crippen LogP contribution in [0.25, 0.3) is 5.57 Å². The van der Waals surface area contributed by atoms with Crippen molar-refractivity contribution in [2.75, 3.05) is 44.8 Å². The van der Waals surface area contributed by atoms with Crippen LogP contribution in [0.2, 0.25) is 0 Å². The average Bonchev–Trinajstić information content (AvgIpc) is 2.95. The van der Waals surface area contributed by atoms with Gasteiger partial charge in [0.05, 0.1) is 6.61 Å². The van der Waals surface area contributed by atoms with E-state index < -0.39 is 0 Å². The number of nitrogens with zero attached hydrogens (tertiary/aromatic N) is 4. The topological polar surface area (TPSA) is 78.8 Å². The summed E-state index contributed by atoms with van der Waals surface area (Å²) in [7, 11) is 1.79. The van der Waals surface area contributed by atoms with Gasteiger partial charge in [0.1, 0.15) is 0 Å². The summed E-state index contributed by atoms with van der Waals surface area (Å²) in [6.07, 6.45) is 11.4. The van der Waals surface area contributed by atoms with Crippen molar-refractivity contribution in [2.24, 2.45) is 11.8 Å². The van der Waals surface area contributed by atoms with Crippen LogP contribution in [0.4, 0.5) is 10.3 Å². The molecule has 1 aliphatic heterocycles. The predicted octanol–water partition coefficient (Wildman–Crippen LogP) is 4.50. The minimum atomic E-state index is -0.345. The van der Waals surface area contributed by atoms with Crippen molar-refractivity contribution in [2.45, 2.75) is 51.9 Å². The van der Waals surface area contributed by atoms with E-state index in [1.807, 2.05) is 18.5 Å². The lowest BCUT2D eigenvalue weighted by Gasteiger charge is -2.31. The Balaban J connectivity index is 1.25. The van der Waals surface area contributed by atoms with Crippen LogP contribution >= 0.6 is 0 Å². The van der Waals surface area contributed by atoms with E-state index in [9.17, 15) is 9.18 Å². The number of ether oxygens (including phenoxy) is 1. The number of allylic oxidation sites excluding steroid dienone is 2. The van der Waals surface area contributed by atoms with E-state index in [0.29, 0.717) is 37.7 Å². The largest absolute Gasteiger partial charge is 0.490 e. The molecule has 0 spiro atoms. The first-order valence-corrected chi connectivity index (χ1v) is 13.5. The van der Waals surface area contributed by atoms with E-state index >= 15 is 0 Å². The van der Waals surface area contributed by atoms with Crippen molar-refractivity contribution in [1.82, 2.24) is 14.9 Å². The number of carbonyl (C=O) groups excluding carboxylic acids is 1. The molecule has 1 aliphatic carbocycles. The van der Waals surface area contributed by atoms with Gasteiger partial charge < -0.3 is 19.6 Å². The van der Waals surface area contributed by atoms with E-state index in [2.05, 4.69) is 27.9 Å². The average molecular weight is 511 g/mol. The van der Waals surface area contributed by atoms with Gasteiger partial charge in [-0.3, -0.25) is 4.79 Å². The number of carbonyl (C=O) groups is 1. The first kappa shape index (κ1) is 27.0. The van der Waals surface area contributed by atoms with Crippen LogP contribution in [-0.4, -0.2) is 65.8 Å². The molecule has 1 aromatic heterocycles. The van der Waals surface area contributed by atoms with Crippen molar-refractivity contribution < 1.29 is 19.0 Å². The van der Waals surface area contributed by atoms with Gasteiger partial charge in [-0.2, -0.15) is 0 Å². The Labute approximate surface area is 219 Å². The summed E-state index contributed by atoms with van der Waals surface area (Å²) < 4.78 is 20.8. The first-order valence-electron chi connectivity index (χ1n) is 13.5. The second-order valence-corrected chi connectivity index (χ2v) is 10.2. The minimum absolute atomic E-state index is 0.0476. The van der Waals surface area contributed by atoms with Crippen molar-refractivity contribution in [3.8, 4) is 5.75 Å². The van der Waals surface area contributed by atoms with Gasteiger partial charge in [0, 0.05) is 51.6 Å². The molecule has 1 unspecified atom stereocenters. The minimum Gasteiger partial charge on any atom is -0.490 e. The number of aryl methyl sites for hydroxylation is 1. The summed E-state index contributed by atoms with van der Waals surface area (Å²) in [4.78, 5) is 25.5. The van der Waals surface area contributed by atoms with Crippen molar-refractivity contribution in [1.29, 1.82) is 0 Å². The van der Waals surface area contributed by atoms with Gasteiger partial charge in [-0.05, 0) is 79.7 Å². The third kappa shape index (κ3) is 7.06. The van der Waals surface area contributed by atoms with Crippen LogP contribution in [-0.2, 0) is 11.2 Å². The third-order valence-electron chi connectivity index (χ3n) is 7.56. The number of anilines is 1. The highest BCUT2D eigenvalue weighted by atomic mass is 19.1. The van der Waals surface area contributed by atoms with Gasteiger partial charge in [0.15, 0.2) is 11.6 Å². The van der Waals surface area contributed by atoms with Crippen LogP contribution in [0.1, 0.15) is 56.6 Å². The molecule has 1 N–H and O–H groups in total. The maximum absolute atomic E-state index is 14.9. The standard InChI is InChI=1S/C29H39FN4O3/c1-3-21-18-31-29(32-19-21)34-14-11-22(12-15-34)20-37-27-10-9-25(17-26(27)30)23-5-7-24(8-6-23)28(36)33(2)13-4-16-35/h5,9-10,17-19,22,24,35H,3-4,6-8,11-16,20H2,1-2H3. The molecule has 2 aromatic rings. The van der Waals surface area contributed by atoms with Crippen LogP contribution in [0, 0.1) is 17.7 Å². The number of aliphatic hydroxyl groups excluding tert-OH is 1. The summed E-state index contributed by atoms with van der Waals surface area (Å²) in [5, 5.41) is 8.98. The lowest BCUT2D eigenvalue weighted by molar-refractivity contribution is -0.134. The molecule has 1 saturated heterocycles. The normalized spacial score (nSPS) is 18.4. The van der Waals surface area contributed by atoms with E-state index in [-0.39, 0.29) is 24.2 Å². The molecule has 2 aliphatic rings. The zero-order chi connectivity index (χ0) is 26.2. The molecule has 2 heterocycles. The zero-order valence-corrected chi connectivity index (χ0v) is 22.0. The third-order valence-corrected chi connectivity index (χ3v) is 7.56. The fourth-order valence-corrected chi connectivity index (χ4v) is 5.07. The molecule has 0 saturated carbocycles. The van der Waals surface area contributed by atoms with Gasteiger partial charge in [-0.1, -0.05) is 19.1 Å². The summed E-state index contributed by atoms with van der Waals surface area (Å²) in [6.45, 7) is 4.98. The number of hydrogen-bond donors (Lipinski definition) is 1. The Bertz CT molecular complexity index is 1070. The van der Waals surface area contributed by atoms with Crippen LogP contribution in [0.5, 0.6) is 5.75 Å². The highest BCUT2D eigenvalue weighted by Crippen LogP contribution is 2.33. The summed E-state index contributed by atoms with van der Waals surface area (Å²) in [5.41, 5.74) is 3.07. The maximum Gasteiger partial charge on any atom is 0.225 e. The molecule has 1 fully saturated rings. The molecule has 1 amide bonds. The molecule has 0 radical (unpaired) electrons. The van der Waals surface area contributed by atoms with Crippen LogP contribution < -0.4 is 9.64 Å². The second kappa shape index (κ2) is 13.0. The maximum atomic E-state index is 14.9. The SMILES string of the molecule is CCc1cnc(N2CCC(COc3ccc(C4=CCC(C(=O)N(C)CCCO)CC4)cc3F)CC2)nc1. The highest BCUT2D eigenvalue weighted by molar-refractivity contribution is 5.80. The van der Waals surface area contributed by atoms with Crippen LogP contribution in [0.15, 0.2) is 36.7 Å². The number of rotatable bonds is 10. The van der Waals surface area contributed by atoms with E-state index in [4.69, 9.17) is 9.84 Å². The molecule has 1 atom stereocenters. The van der Waals surface area contributed by atoms with Crippen molar-refractivity contribution >= 4 is 17.4 Å². The number of halogens is 1. The first-order chi connectivity index (χ1) is 18.0. The highest BCUT2D eigenvalue weighted by Gasteiger charge is 2.25. The van der Waals surface area contributed by atoms with Gasteiger partial charge in [0.25, 0.3) is 0 Å². The molecular formula is C29H39FN4O3. The Hall–Kier alpha value is -3.00. The Morgan fingerprint density at radius 2 is 1.97 bits per heavy atom. The monoisotopic (exact) mass is 510 g/mol. The number of hydrogen-bond acceptors (Lipinski definition) is 6. The number of aromatic nitrogens is 2. The van der Waals surface area contributed by atoms with Gasteiger partial charge in [-0.25, -0.2) is 14.4 Å². The number of aliphatic hydroxyl groups is 1. The summed E-state index contributed by atoms with van der Waals surface area (Å²) >= 11 is 0. The number of piperidine rings is 1. The van der Waals surface area contributed by atoms with E-state index in [1.54, 1.807) is 24.1 Å². The Morgan fingerprint density at radius 1 is 1.22 bits per heavy atom. The molecule has 1 aromatic carbocycles. The fourth-order valence-electron chi connectivity index (χ4n) is 5.07. The lowest BCUT2D eigenvalue weighted by Crippen LogP contribution is -2.36. The van der Waals surface area contributed by atoms with Gasteiger partial charge in [0.2, 0.25) is 11.9 Å². The fraction of sp³-hybridized carbons (Fsp3) is 0.552. The zero-order valence-electron chi connectivity index (χ0n) is 22.0. The number of benzene rings is 1. The Kier molecular flexibility index (Phi) is 9.50. The molecule has 4 rings (SSSR count). The molecule has 200 valence electrons. The van der Waals surface area contributed by atoms with Crippen molar-refractivity contribution in [3.63, 3.8) is 0 Å². The molecule has 7 nitrogen and oxygen atoms in total. The summed E-state index contributed by atoms with van der Waals surface area (Å²) in [6, 6.07) is 5.19. The van der Waals surface area contributed by atoms with Gasteiger partial charge >= 0.3 is 0 Å². The second-order valence-electron chi connectivity index (χ2n) is 10.2. The van der Waals surface area contributed by atoms with Crippen LogP contribution in [0.3, 0.4) is 0 Å². The molecule has 0 bridgehead atoms. The predicted molar refractivity (Wildman–Crippen MR) is 143 cm³/mol.